The summed E-state index contributed by atoms with van der Waals surface area (Å²) < 4.78 is 6.49. The molecule has 0 atom stereocenters. The molecule has 0 aliphatic rings. The molecule has 0 aromatic heterocycles. The van der Waals surface area contributed by atoms with Crippen LogP contribution in [0.5, 0.6) is 5.75 Å². The van der Waals surface area contributed by atoms with Crippen LogP contribution in [0.15, 0.2) is 36.4 Å². The molecule has 0 spiro atoms. The molecule has 0 aliphatic heterocycles. The highest BCUT2D eigenvalue weighted by Crippen LogP contribution is 2.39. The van der Waals surface area contributed by atoms with Crippen molar-refractivity contribution in [3.63, 3.8) is 0 Å². The zero-order valence-corrected chi connectivity index (χ0v) is 14.7. The van der Waals surface area contributed by atoms with Crippen molar-refractivity contribution in [1.29, 1.82) is 0 Å². The predicted octanol–water partition coefficient (Wildman–Crippen LogP) is 4.76. The fourth-order valence-corrected chi connectivity index (χ4v) is 3.24. The molecule has 2 aromatic rings. The van der Waals surface area contributed by atoms with Crippen molar-refractivity contribution in [2.24, 2.45) is 0 Å². The molecule has 114 valence electrons. The number of aliphatic hydroxyl groups is 1. The standard InChI is InChI=1S/C18H26O2Si/c1-18(2,3)21(4,5)20-17-11-7-9-15-14(12-13-19)8-6-10-16(15)17/h6-11,19H,12-13H2,1-5H3. The van der Waals surface area contributed by atoms with Crippen molar-refractivity contribution in [3.8, 4) is 5.75 Å². The minimum atomic E-state index is -1.85. The lowest BCUT2D eigenvalue weighted by molar-refractivity contribution is 0.300. The van der Waals surface area contributed by atoms with E-state index in [4.69, 9.17) is 4.43 Å². The first-order chi connectivity index (χ1) is 9.76. The van der Waals surface area contributed by atoms with Gasteiger partial charge >= 0.3 is 0 Å². The smallest absolute Gasteiger partial charge is 0.250 e. The summed E-state index contributed by atoms with van der Waals surface area (Å²) in [4.78, 5) is 0. The average molecular weight is 302 g/mol. The van der Waals surface area contributed by atoms with Crippen molar-refractivity contribution in [2.45, 2.75) is 45.3 Å². The lowest BCUT2D eigenvalue weighted by atomic mass is 10.0. The molecular formula is C18H26O2Si. The van der Waals surface area contributed by atoms with Crippen molar-refractivity contribution in [1.82, 2.24) is 0 Å². The third-order valence-corrected chi connectivity index (χ3v) is 8.87. The maximum Gasteiger partial charge on any atom is 0.250 e. The first-order valence-electron chi connectivity index (χ1n) is 7.57. The van der Waals surface area contributed by atoms with Crippen LogP contribution < -0.4 is 4.43 Å². The summed E-state index contributed by atoms with van der Waals surface area (Å²) in [5, 5.41) is 11.7. The number of hydrogen-bond acceptors (Lipinski definition) is 2. The summed E-state index contributed by atoms with van der Waals surface area (Å²) >= 11 is 0. The Morgan fingerprint density at radius 3 is 2.24 bits per heavy atom. The highest BCUT2D eigenvalue weighted by Gasteiger charge is 2.39. The van der Waals surface area contributed by atoms with E-state index in [-0.39, 0.29) is 11.6 Å². The molecule has 1 N–H and O–H groups in total. The van der Waals surface area contributed by atoms with E-state index >= 15 is 0 Å². The number of aliphatic hydroxyl groups excluding tert-OH is 1. The summed E-state index contributed by atoms with van der Waals surface area (Å²) in [5.74, 6) is 0.971. The third-order valence-electron chi connectivity index (χ3n) is 4.52. The summed E-state index contributed by atoms with van der Waals surface area (Å²) in [7, 11) is -1.85. The normalized spacial score (nSPS) is 12.7. The predicted molar refractivity (Wildman–Crippen MR) is 92.6 cm³/mol. The van der Waals surface area contributed by atoms with Gasteiger partial charge in [-0.2, -0.15) is 0 Å². The summed E-state index contributed by atoms with van der Waals surface area (Å²) in [6.07, 6.45) is 0.681. The van der Waals surface area contributed by atoms with Crippen molar-refractivity contribution in [2.75, 3.05) is 6.61 Å². The van der Waals surface area contributed by atoms with Crippen LogP contribution in [0.3, 0.4) is 0 Å². The molecule has 0 aliphatic carbocycles. The molecular weight excluding hydrogens is 276 g/mol. The van der Waals surface area contributed by atoms with Crippen LogP contribution in [0.2, 0.25) is 18.1 Å². The van der Waals surface area contributed by atoms with E-state index in [2.05, 4.69) is 58.1 Å². The minimum absolute atomic E-state index is 0.173. The fraction of sp³-hybridized carbons (Fsp3) is 0.444. The molecule has 3 heteroatoms. The maximum atomic E-state index is 9.22. The van der Waals surface area contributed by atoms with Crippen LogP contribution >= 0.6 is 0 Å². The van der Waals surface area contributed by atoms with Gasteiger partial charge in [-0.05, 0) is 41.6 Å². The number of hydrogen-bond donors (Lipinski definition) is 1. The SMILES string of the molecule is CC(C)(C)[Si](C)(C)Oc1cccc2c(CCO)cccc12. The van der Waals surface area contributed by atoms with Gasteiger partial charge in [0, 0.05) is 12.0 Å². The van der Waals surface area contributed by atoms with Gasteiger partial charge in [0.05, 0.1) is 0 Å². The van der Waals surface area contributed by atoms with E-state index in [0.29, 0.717) is 6.42 Å². The lowest BCUT2D eigenvalue weighted by Crippen LogP contribution is -2.43. The molecule has 0 radical (unpaired) electrons. The Labute approximate surface area is 128 Å². The first kappa shape index (κ1) is 16.1. The van der Waals surface area contributed by atoms with Gasteiger partial charge in [-0.1, -0.05) is 51.1 Å². The highest BCUT2D eigenvalue weighted by atomic mass is 28.4. The number of fused-ring (bicyclic) bond motifs is 1. The Morgan fingerprint density at radius 1 is 1.00 bits per heavy atom. The zero-order chi connectivity index (χ0) is 15.7. The van der Waals surface area contributed by atoms with Gasteiger partial charge in [-0.3, -0.25) is 0 Å². The fourth-order valence-electron chi connectivity index (χ4n) is 2.20. The Morgan fingerprint density at radius 2 is 1.62 bits per heavy atom. The minimum Gasteiger partial charge on any atom is -0.543 e. The van der Waals surface area contributed by atoms with Gasteiger partial charge in [-0.25, -0.2) is 0 Å². The molecule has 21 heavy (non-hydrogen) atoms. The Balaban J connectivity index is 2.49. The van der Waals surface area contributed by atoms with Crippen molar-refractivity contribution < 1.29 is 9.53 Å². The molecule has 0 saturated carbocycles. The van der Waals surface area contributed by atoms with Gasteiger partial charge in [-0.15, -0.1) is 0 Å². The summed E-state index contributed by atoms with van der Waals surface area (Å²) in [6, 6.07) is 12.5. The van der Waals surface area contributed by atoms with E-state index in [1.807, 2.05) is 12.1 Å². The maximum absolute atomic E-state index is 9.22. The first-order valence-corrected chi connectivity index (χ1v) is 10.5. The van der Waals surface area contributed by atoms with Crippen LogP contribution in [0.1, 0.15) is 26.3 Å². The van der Waals surface area contributed by atoms with Gasteiger partial charge < -0.3 is 9.53 Å². The molecule has 0 saturated heterocycles. The monoisotopic (exact) mass is 302 g/mol. The lowest BCUT2D eigenvalue weighted by Gasteiger charge is -2.36. The van der Waals surface area contributed by atoms with Gasteiger partial charge in [0.25, 0.3) is 8.32 Å². The van der Waals surface area contributed by atoms with E-state index < -0.39 is 8.32 Å². The molecule has 0 amide bonds. The van der Waals surface area contributed by atoms with E-state index in [1.54, 1.807) is 0 Å². The van der Waals surface area contributed by atoms with Gasteiger partial charge in [0.1, 0.15) is 5.75 Å². The second kappa shape index (κ2) is 5.82. The van der Waals surface area contributed by atoms with E-state index in [0.717, 1.165) is 11.1 Å². The van der Waals surface area contributed by atoms with Gasteiger partial charge in [0.15, 0.2) is 0 Å². The van der Waals surface area contributed by atoms with Gasteiger partial charge in [0.2, 0.25) is 0 Å². The van der Waals surface area contributed by atoms with Crippen LogP contribution in [0.25, 0.3) is 10.8 Å². The van der Waals surface area contributed by atoms with Crippen LogP contribution in [0.4, 0.5) is 0 Å². The molecule has 0 unspecified atom stereocenters. The quantitative estimate of drug-likeness (QED) is 0.825. The zero-order valence-electron chi connectivity index (χ0n) is 13.7. The Hall–Kier alpha value is -1.32. The molecule has 2 rings (SSSR count). The van der Waals surface area contributed by atoms with E-state index in [1.165, 1.54) is 10.9 Å². The molecule has 0 bridgehead atoms. The molecule has 0 fully saturated rings. The largest absolute Gasteiger partial charge is 0.543 e. The van der Waals surface area contributed by atoms with Crippen molar-refractivity contribution in [3.05, 3.63) is 42.0 Å². The Kier molecular flexibility index (Phi) is 4.45. The highest BCUT2D eigenvalue weighted by molar-refractivity contribution is 6.74. The Bertz CT molecular complexity index is 627. The number of rotatable bonds is 4. The van der Waals surface area contributed by atoms with Crippen LogP contribution in [-0.4, -0.2) is 20.0 Å². The second-order valence-electron chi connectivity index (χ2n) is 7.10. The molecule has 2 nitrogen and oxygen atoms in total. The van der Waals surface area contributed by atoms with Crippen LogP contribution in [-0.2, 0) is 6.42 Å². The summed E-state index contributed by atoms with van der Waals surface area (Å²) in [5.41, 5.74) is 1.18. The van der Waals surface area contributed by atoms with Crippen LogP contribution in [0, 0.1) is 0 Å². The van der Waals surface area contributed by atoms with Crippen molar-refractivity contribution >= 4 is 19.1 Å². The molecule has 2 aromatic carbocycles. The number of benzene rings is 2. The molecule has 0 heterocycles. The average Bonchev–Trinajstić information content (AvgIpc) is 2.38. The topological polar surface area (TPSA) is 29.5 Å². The second-order valence-corrected chi connectivity index (χ2v) is 11.8. The third kappa shape index (κ3) is 3.30. The summed E-state index contributed by atoms with van der Waals surface area (Å²) in [6.45, 7) is 11.5. The van der Waals surface area contributed by atoms with E-state index in [9.17, 15) is 5.11 Å².